The van der Waals surface area contributed by atoms with Crippen LogP contribution in [0.25, 0.3) is 0 Å². The van der Waals surface area contributed by atoms with Crippen LogP contribution in [0.1, 0.15) is 13.8 Å². The summed E-state index contributed by atoms with van der Waals surface area (Å²) in [5, 5.41) is 2.59. The molecule has 0 fully saturated rings. The third-order valence-electron chi connectivity index (χ3n) is 1.34. The normalized spacial score (nSPS) is 11.2. The monoisotopic (exact) mass is 217 g/mol. The Hall–Kier alpha value is -0.810. The Labute approximate surface area is 89.1 Å². The zero-order valence-corrected chi connectivity index (χ0v) is 9.27. The number of carbonyl (C=O) groups excluding carboxylic acids is 2. The maximum Gasteiger partial charge on any atom is 0.246 e. The molecule has 0 saturated carbocycles. The van der Waals surface area contributed by atoms with Gasteiger partial charge < -0.3 is 10.1 Å². The minimum absolute atomic E-state index is 0.0230. The SMILES string of the molecule is C/C=C(\S)CNC(=O)COCC(C)=O. The van der Waals surface area contributed by atoms with Crippen molar-refractivity contribution in [1.29, 1.82) is 0 Å². The molecule has 80 valence electrons. The van der Waals surface area contributed by atoms with E-state index in [2.05, 4.69) is 17.9 Å². The number of nitrogens with one attached hydrogen (secondary N) is 1. The molecule has 0 aliphatic rings. The molecule has 0 aromatic heterocycles. The molecule has 0 spiro atoms. The van der Waals surface area contributed by atoms with Crippen molar-refractivity contribution >= 4 is 24.3 Å². The third kappa shape index (κ3) is 7.82. The summed E-state index contributed by atoms with van der Waals surface area (Å²) in [5.74, 6) is -0.346. The zero-order valence-electron chi connectivity index (χ0n) is 8.37. The summed E-state index contributed by atoms with van der Waals surface area (Å²) in [6.07, 6.45) is 1.79. The lowest BCUT2D eigenvalue weighted by molar-refractivity contribution is -0.128. The quantitative estimate of drug-likeness (QED) is 0.639. The Balaban J connectivity index is 3.51. The maximum atomic E-state index is 11.0. The van der Waals surface area contributed by atoms with Crippen molar-refractivity contribution in [3.63, 3.8) is 0 Å². The molecule has 0 bridgehead atoms. The van der Waals surface area contributed by atoms with Crippen LogP contribution in [0.15, 0.2) is 11.0 Å². The third-order valence-corrected chi connectivity index (χ3v) is 1.75. The van der Waals surface area contributed by atoms with Gasteiger partial charge in [0.05, 0.1) is 0 Å². The summed E-state index contributed by atoms with van der Waals surface area (Å²) >= 11 is 4.08. The highest BCUT2D eigenvalue weighted by atomic mass is 32.1. The van der Waals surface area contributed by atoms with Crippen LogP contribution in [0.3, 0.4) is 0 Å². The maximum absolute atomic E-state index is 11.0. The lowest BCUT2D eigenvalue weighted by Gasteiger charge is -2.04. The zero-order chi connectivity index (χ0) is 11.0. The van der Waals surface area contributed by atoms with E-state index in [4.69, 9.17) is 4.74 Å². The number of hydrogen-bond donors (Lipinski definition) is 2. The van der Waals surface area contributed by atoms with E-state index in [1.54, 1.807) is 6.08 Å². The van der Waals surface area contributed by atoms with Gasteiger partial charge in [-0.2, -0.15) is 0 Å². The molecule has 0 atom stereocenters. The average Bonchev–Trinajstić information content (AvgIpc) is 2.13. The number of ether oxygens (including phenoxy) is 1. The molecular formula is C9H15NO3S. The largest absolute Gasteiger partial charge is 0.364 e. The predicted molar refractivity (Wildman–Crippen MR) is 57.3 cm³/mol. The lowest BCUT2D eigenvalue weighted by Crippen LogP contribution is -2.29. The molecule has 5 heteroatoms. The number of ketones is 1. The van der Waals surface area contributed by atoms with Gasteiger partial charge in [-0.3, -0.25) is 9.59 Å². The molecule has 1 amide bonds. The first kappa shape index (κ1) is 13.2. The first-order chi connectivity index (χ1) is 6.56. The first-order valence-electron chi connectivity index (χ1n) is 4.24. The van der Waals surface area contributed by atoms with Crippen LogP contribution in [-0.4, -0.2) is 31.4 Å². The van der Waals surface area contributed by atoms with E-state index in [0.717, 1.165) is 4.91 Å². The van der Waals surface area contributed by atoms with Crippen LogP contribution in [-0.2, 0) is 14.3 Å². The average molecular weight is 217 g/mol. The van der Waals surface area contributed by atoms with Crippen molar-refractivity contribution in [2.24, 2.45) is 0 Å². The van der Waals surface area contributed by atoms with Crippen molar-refractivity contribution in [3.8, 4) is 0 Å². The van der Waals surface area contributed by atoms with Crippen molar-refractivity contribution in [2.75, 3.05) is 19.8 Å². The molecule has 0 unspecified atom stereocenters. The summed E-state index contributed by atoms with van der Waals surface area (Å²) in [4.78, 5) is 22.3. The summed E-state index contributed by atoms with van der Waals surface area (Å²) in [7, 11) is 0. The first-order valence-corrected chi connectivity index (χ1v) is 4.69. The topological polar surface area (TPSA) is 55.4 Å². The highest BCUT2D eigenvalue weighted by Crippen LogP contribution is 1.95. The van der Waals surface area contributed by atoms with Crippen molar-refractivity contribution in [1.82, 2.24) is 5.32 Å². The number of hydrogen-bond acceptors (Lipinski definition) is 4. The van der Waals surface area contributed by atoms with Gasteiger partial charge in [0.25, 0.3) is 0 Å². The van der Waals surface area contributed by atoms with Gasteiger partial charge in [-0.15, -0.1) is 12.6 Å². The lowest BCUT2D eigenvalue weighted by atomic mass is 10.5. The Morgan fingerprint density at radius 3 is 2.57 bits per heavy atom. The van der Waals surface area contributed by atoms with Crippen LogP contribution < -0.4 is 5.32 Å². The van der Waals surface area contributed by atoms with Crippen LogP contribution in [0.4, 0.5) is 0 Å². The smallest absolute Gasteiger partial charge is 0.246 e. The fourth-order valence-electron chi connectivity index (χ4n) is 0.630. The number of carbonyl (C=O) groups is 2. The molecule has 1 N–H and O–H groups in total. The Morgan fingerprint density at radius 1 is 1.43 bits per heavy atom. The second kappa shape index (κ2) is 7.58. The number of rotatable bonds is 6. The van der Waals surface area contributed by atoms with Crippen LogP contribution >= 0.6 is 12.6 Å². The Morgan fingerprint density at radius 2 is 2.07 bits per heavy atom. The van der Waals surface area contributed by atoms with Crippen molar-refractivity contribution < 1.29 is 14.3 Å². The van der Waals surface area contributed by atoms with Gasteiger partial charge in [0.1, 0.15) is 13.2 Å². The van der Waals surface area contributed by atoms with Gasteiger partial charge in [0.15, 0.2) is 5.78 Å². The molecule has 14 heavy (non-hydrogen) atoms. The van der Waals surface area contributed by atoms with Crippen LogP contribution in [0.2, 0.25) is 0 Å². The van der Waals surface area contributed by atoms with Crippen LogP contribution in [0, 0.1) is 0 Å². The minimum atomic E-state index is -0.250. The fraction of sp³-hybridized carbons (Fsp3) is 0.556. The number of Topliss-reactive ketones (excluding diaryl/α,β-unsaturated/α-hetero) is 1. The molecule has 0 aromatic rings. The van der Waals surface area contributed by atoms with Crippen LogP contribution in [0.5, 0.6) is 0 Å². The summed E-state index contributed by atoms with van der Waals surface area (Å²) in [6, 6.07) is 0. The van der Waals surface area contributed by atoms with E-state index in [9.17, 15) is 9.59 Å². The van der Waals surface area contributed by atoms with Gasteiger partial charge in [0, 0.05) is 6.54 Å². The van der Waals surface area contributed by atoms with E-state index >= 15 is 0 Å². The summed E-state index contributed by atoms with van der Waals surface area (Å²) in [5.41, 5.74) is 0. The number of amides is 1. The highest BCUT2D eigenvalue weighted by molar-refractivity contribution is 7.84. The van der Waals surface area contributed by atoms with E-state index in [0.29, 0.717) is 6.54 Å². The predicted octanol–water partition coefficient (Wildman–Crippen LogP) is 0.542. The second-order valence-corrected chi connectivity index (χ2v) is 3.33. The van der Waals surface area contributed by atoms with Gasteiger partial charge in [-0.05, 0) is 18.8 Å². The molecule has 0 heterocycles. The molecule has 0 aliphatic carbocycles. The molecule has 0 aromatic carbocycles. The fourth-order valence-corrected chi connectivity index (χ4v) is 0.709. The van der Waals surface area contributed by atoms with E-state index in [-0.39, 0.29) is 24.9 Å². The van der Waals surface area contributed by atoms with E-state index < -0.39 is 0 Å². The molecule has 0 rings (SSSR count). The summed E-state index contributed by atoms with van der Waals surface area (Å²) < 4.78 is 4.82. The standard InChI is InChI=1S/C9H15NO3S/c1-3-8(14)4-10-9(12)6-13-5-7(2)11/h3,14H,4-6H2,1-2H3,(H,10,12)/b8-3-. The minimum Gasteiger partial charge on any atom is -0.364 e. The van der Waals surface area contributed by atoms with Gasteiger partial charge in [0.2, 0.25) is 5.91 Å². The second-order valence-electron chi connectivity index (χ2n) is 2.75. The van der Waals surface area contributed by atoms with Gasteiger partial charge >= 0.3 is 0 Å². The Bertz CT molecular complexity index is 238. The Kier molecular flexibility index (Phi) is 7.14. The molecular weight excluding hydrogens is 202 g/mol. The molecule has 0 aliphatic heterocycles. The molecule has 0 saturated heterocycles. The number of thiol groups is 1. The van der Waals surface area contributed by atoms with E-state index in [1.165, 1.54) is 6.92 Å². The number of allylic oxidation sites excluding steroid dienone is 1. The molecule has 4 nitrogen and oxygen atoms in total. The molecule has 0 radical (unpaired) electrons. The van der Waals surface area contributed by atoms with Gasteiger partial charge in [-0.1, -0.05) is 6.08 Å². The van der Waals surface area contributed by atoms with Gasteiger partial charge in [-0.25, -0.2) is 0 Å². The highest BCUT2D eigenvalue weighted by Gasteiger charge is 2.01. The van der Waals surface area contributed by atoms with E-state index in [1.807, 2.05) is 6.92 Å². The van der Waals surface area contributed by atoms with Crippen molar-refractivity contribution in [2.45, 2.75) is 13.8 Å². The van der Waals surface area contributed by atoms with Crippen molar-refractivity contribution in [3.05, 3.63) is 11.0 Å². The summed E-state index contributed by atoms with van der Waals surface area (Å²) in [6.45, 7) is 3.52.